The van der Waals surface area contributed by atoms with Gasteiger partial charge in [-0.05, 0) is 141 Å². The van der Waals surface area contributed by atoms with E-state index in [1.807, 2.05) is 11.8 Å². The van der Waals surface area contributed by atoms with Crippen molar-refractivity contribution >= 4 is 117 Å². The van der Waals surface area contributed by atoms with Gasteiger partial charge in [0.25, 0.3) is 0 Å². The number of aromatic nitrogens is 2. The minimum atomic E-state index is -0.127. The van der Waals surface area contributed by atoms with E-state index in [1.54, 1.807) is 0 Å². The molecule has 374 valence electrons. The Labute approximate surface area is 451 Å². The molecule has 0 aliphatic carbocycles. The molecule has 0 bridgehead atoms. The van der Waals surface area contributed by atoms with Crippen LogP contribution in [0, 0.1) is 0 Å². The van der Waals surface area contributed by atoms with Gasteiger partial charge in [-0.1, -0.05) is 184 Å². The predicted molar refractivity (Wildman–Crippen MR) is 327 cm³/mol. The SMILES string of the molecule is CCCCc1ccc2c(oc3ccccc32)c1N1c2cc(-n3c4ccccc4c4cc(C(C)(C)C)ccc43)ccc2B2c3ccc(-n4c5ccccc5c5cc(C(C)(C)C)ccc54)cc3Sc3cc(C(C)(C)C)cc1c32. The van der Waals surface area contributed by atoms with Gasteiger partial charge in [0.2, 0.25) is 6.71 Å². The highest BCUT2D eigenvalue weighted by molar-refractivity contribution is 8.00. The smallest absolute Gasteiger partial charge is 0.249 e. The van der Waals surface area contributed by atoms with Crippen LogP contribution in [0.3, 0.4) is 0 Å². The molecule has 0 radical (unpaired) electrons. The van der Waals surface area contributed by atoms with Crippen LogP contribution in [0.5, 0.6) is 0 Å². The van der Waals surface area contributed by atoms with Crippen LogP contribution in [0.1, 0.15) is 104 Å². The second-order valence-electron chi connectivity index (χ2n) is 24.8. The van der Waals surface area contributed by atoms with Crippen LogP contribution in [0.25, 0.3) is 76.9 Å². The van der Waals surface area contributed by atoms with Gasteiger partial charge in [0.15, 0.2) is 5.58 Å². The van der Waals surface area contributed by atoms with Gasteiger partial charge in [-0.3, -0.25) is 0 Å². The minimum Gasteiger partial charge on any atom is -0.454 e. The second kappa shape index (κ2) is 16.8. The Kier molecular flexibility index (Phi) is 10.4. The molecule has 4 nitrogen and oxygen atoms in total. The molecule has 0 fully saturated rings. The molecule has 12 aromatic rings. The third-order valence-corrected chi connectivity index (χ3v) is 18.0. The van der Waals surface area contributed by atoms with E-state index in [9.17, 15) is 0 Å². The van der Waals surface area contributed by atoms with Crippen LogP contribution < -0.4 is 21.3 Å². The van der Waals surface area contributed by atoms with Crippen LogP contribution in [0.4, 0.5) is 17.1 Å². The maximum absolute atomic E-state index is 7.17. The predicted octanol–water partition coefficient (Wildman–Crippen LogP) is 17.8. The number of rotatable bonds is 6. The quantitative estimate of drug-likeness (QED) is 0.155. The van der Waals surface area contributed by atoms with E-state index < -0.39 is 0 Å². The Hall–Kier alpha value is -7.41. The number of aryl methyl sites for hydroxylation is 1. The minimum absolute atomic E-state index is 0.0152. The van der Waals surface area contributed by atoms with Gasteiger partial charge in [0, 0.05) is 64.9 Å². The van der Waals surface area contributed by atoms with E-state index >= 15 is 0 Å². The molecule has 2 aliphatic heterocycles. The molecule has 6 heteroatoms. The topological polar surface area (TPSA) is 26.2 Å². The number of benzene rings is 9. The molecular formula is C70H64BN3OS. The molecule has 0 saturated carbocycles. The van der Waals surface area contributed by atoms with Crippen LogP contribution in [0.2, 0.25) is 0 Å². The van der Waals surface area contributed by atoms with Gasteiger partial charge in [0.1, 0.15) is 5.58 Å². The number of fused-ring (bicyclic) bond motifs is 13. The van der Waals surface area contributed by atoms with Crippen molar-refractivity contribution in [3.63, 3.8) is 0 Å². The van der Waals surface area contributed by atoms with Crippen molar-refractivity contribution in [3.05, 3.63) is 192 Å². The molecule has 9 aromatic carbocycles. The average molecular weight is 1010 g/mol. The summed E-state index contributed by atoms with van der Waals surface area (Å²) in [5.74, 6) is 0. The second-order valence-corrected chi connectivity index (χ2v) is 25.9. The lowest BCUT2D eigenvalue weighted by atomic mass is 9.34. The van der Waals surface area contributed by atoms with Crippen molar-refractivity contribution in [2.75, 3.05) is 4.90 Å². The molecule has 76 heavy (non-hydrogen) atoms. The van der Waals surface area contributed by atoms with Crippen LogP contribution >= 0.6 is 11.8 Å². The van der Waals surface area contributed by atoms with E-state index in [4.69, 9.17) is 4.42 Å². The van der Waals surface area contributed by atoms with Crippen molar-refractivity contribution in [1.82, 2.24) is 9.13 Å². The molecule has 14 rings (SSSR count). The first-order valence-electron chi connectivity index (χ1n) is 27.5. The summed E-state index contributed by atoms with van der Waals surface area (Å²) in [6, 6.07) is 65.2. The Morgan fingerprint density at radius 2 is 1.03 bits per heavy atom. The highest BCUT2D eigenvalue weighted by Crippen LogP contribution is 2.50. The summed E-state index contributed by atoms with van der Waals surface area (Å²) in [6.45, 7) is 23.2. The molecule has 0 amide bonds. The van der Waals surface area contributed by atoms with Crippen LogP contribution in [-0.4, -0.2) is 15.8 Å². The highest BCUT2D eigenvalue weighted by Gasteiger charge is 2.43. The number of unbranched alkanes of at least 4 members (excludes halogenated alkanes) is 1. The fourth-order valence-corrected chi connectivity index (χ4v) is 14.0. The summed E-state index contributed by atoms with van der Waals surface area (Å²) < 4.78 is 12.2. The Morgan fingerprint density at radius 3 is 1.64 bits per heavy atom. The van der Waals surface area contributed by atoms with Gasteiger partial charge in [-0.15, -0.1) is 0 Å². The van der Waals surface area contributed by atoms with Crippen molar-refractivity contribution in [3.8, 4) is 11.4 Å². The maximum Gasteiger partial charge on any atom is 0.249 e. The van der Waals surface area contributed by atoms with E-state index in [0.29, 0.717) is 0 Å². The van der Waals surface area contributed by atoms with E-state index in [2.05, 4.69) is 253 Å². The van der Waals surface area contributed by atoms with Crippen LogP contribution in [-0.2, 0) is 22.7 Å². The highest BCUT2D eigenvalue weighted by atomic mass is 32.2. The third kappa shape index (κ3) is 7.12. The fraction of sp³-hybridized carbons (Fsp3) is 0.229. The first-order valence-corrected chi connectivity index (χ1v) is 28.3. The van der Waals surface area contributed by atoms with E-state index in [1.165, 1.54) is 109 Å². The monoisotopic (exact) mass is 1010 g/mol. The standard InChI is InChI=1S/C70H64BN3OS/c1-11-12-19-42-26-31-51-50-22-15-18-25-62(50)75-67(51)66(42)74-60-40-46(72-56-23-16-13-20-48(56)52-36-43(68(2,3)4)27-34-58(52)72)29-32-54(60)71-55-33-30-47(41-63(55)76-64-39-45(70(8,9)10)38-61(74)65(64)71)73-57-24-17-14-21-49(57)53-37-44(69(5,6)7)28-35-59(53)73/h13-18,20-41H,11-12,19H2,1-10H3. The van der Waals surface area contributed by atoms with Gasteiger partial charge in [0.05, 0.1) is 27.8 Å². The molecule has 2 aliphatic rings. The molecule has 0 saturated heterocycles. The number of anilines is 3. The first kappa shape index (κ1) is 47.1. The lowest BCUT2D eigenvalue weighted by Crippen LogP contribution is -2.60. The Bertz CT molecular complexity index is 4390. The molecule has 0 atom stereocenters. The molecule has 5 heterocycles. The lowest BCUT2D eigenvalue weighted by molar-refractivity contribution is 0.589. The molecule has 0 unspecified atom stereocenters. The number of furan rings is 1. The zero-order valence-electron chi connectivity index (χ0n) is 45.5. The normalized spacial score (nSPS) is 13.7. The number of hydrogen-bond acceptors (Lipinski definition) is 3. The summed E-state index contributed by atoms with van der Waals surface area (Å²) in [7, 11) is 0. The fourth-order valence-electron chi connectivity index (χ4n) is 12.7. The Balaban J connectivity index is 1.06. The van der Waals surface area contributed by atoms with Gasteiger partial charge < -0.3 is 18.5 Å². The maximum atomic E-state index is 7.17. The average Bonchev–Trinajstić information content (AvgIpc) is 4.13. The van der Waals surface area contributed by atoms with Crippen molar-refractivity contribution in [1.29, 1.82) is 0 Å². The molecule has 0 spiro atoms. The molecule has 3 aromatic heterocycles. The van der Waals surface area contributed by atoms with E-state index in [-0.39, 0.29) is 23.0 Å². The largest absolute Gasteiger partial charge is 0.454 e. The number of nitrogens with zero attached hydrogens (tertiary/aromatic N) is 3. The van der Waals surface area contributed by atoms with Gasteiger partial charge in [-0.25, -0.2) is 0 Å². The number of para-hydroxylation sites is 3. The first-order chi connectivity index (χ1) is 36.5. The summed E-state index contributed by atoms with van der Waals surface area (Å²) in [4.78, 5) is 5.26. The van der Waals surface area contributed by atoms with E-state index in [0.717, 1.165) is 52.6 Å². The van der Waals surface area contributed by atoms with Crippen molar-refractivity contribution in [2.45, 2.75) is 115 Å². The van der Waals surface area contributed by atoms with Crippen LogP contribution in [0.15, 0.2) is 184 Å². The zero-order valence-corrected chi connectivity index (χ0v) is 46.3. The summed E-state index contributed by atoms with van der Waals surface area (Å²) in [6.07, 6.45) is 3.12. The zero-order chi connectivity index (χ0) is 52.2. The van der Waals surface area contributed by atoms with Crippen molar-refractivity contribution < 1.29 is 4.42 Å². The summed E-state index contributed by atoms with van der Waals surface area (Å²) >= 11 is 1.94. The van der Waals surface area contributed by atoms with Gasteiger partial charge >= 0.3 is 0 Å². The third-order valence-electron chi connectivity index (χ3n) is 16.8. The lowest BCUT2D eigenvalue weighted by Gasteiger charge is -2.42. The Morgan fingerprint density at radius 1 is 0.461 bits per heavy atom. The summed E-state index contributed by atoms with van der Waals surface area (Å²) in [5.41, 5.74) is 21.9. The van der Waals surface area contributed by atoms with Crippen molar-refractivity contribution in [2.24, 2.45) is 0 Å². The molecule has 0 N–H and O–H groups in total. The van der Waals surface area contributed by atoms with Gasteiger partial charge in [-0.2, -0.15) is 0 Å². The number of hydrogen-bond donors (Lipinski definition) is 0. The summed E-state index contributed by atoms with van der Waals surface area (Å²) in [5, 5.41) is 7.42. The molecular weight excluding hydrogens is 942 g/mol.